The van der Waals surface area contributed by atoms with Crippen LogP contribution in [-0.2, 0) is 11.2 Å². The summed E-state index contributed by atoms with van der Waals surface area (Å²) in [5, 5.41) is 192. The van der Waals surface area contributed by atoms with Crippen molar-refractivity contribution in [1.82, 2.24) is 4.90 Å². The lowest BCUT2D eigenvalue weighted by atomic mass is 9.65. The summed E-state index contributed by atoms with van der Waals surface area (Å²) in [6.45, 7) is -1.18. The van der Waals surface area contributed by atoms with E-state index in [1.54, 1.807) is 0 Å². The van der Waals surface area contributed by atoms with Crippen LogP contribution in [0.1, 0.15) is 17.2 Å². The quantitative estimate of drug-likeness (QED) is 0.0991. The Morgan fingerprint density at radius 3 is 1.67 bits per heavy atom. The van der Waals surface area contributed by atoms with Crippen LogP contribution in [0.4, 0.5) is 0 Å². The van der Waals surface area contributed by atoms with Gasteiger partial charge >= 0.3 is 18.1 Å². The standard InChI is InChI=1S/C19H27NO22/c1-41-8-6(21)4-2-3-20-10(5(4)7(22)9(8)42-19(38,39)40)12(24,25)11(23)13(26,16(20,30)31)15(28,29)14(27,17(32,33)34)18(35,36)37/h10,21-22,24-40H,2-3H2,1H3. The number of piperidine rings is 1. The van der Waals surface area contributed by atoms with Gasteiger partial charge in [0, 0.05) is 17.7 Å². The number of aliphatic hydroxyl groups is 17. The second kappa shape index (κ2) is 9.19. The largest absolute Gasteiger partial charge is 0.504 e. The van der Waals surface area contributed by atoms with Gasteiger partial charge in [0.25, 0.3) is 22.9 Å². The van der Waals surface area contributed by atoms with Crippen molar-refractivity contribution in [2.45, 2.75) is 59.3 Å². The van der Waals surface area contributed by atoms with Crippen LogP contribution in [0.25, 0.3) is 0 Å². The average molecular weight is 621 g/mol. The molecule has 0 aromatic heterocycles. The van der Waals surface area contributed by atoms with Crippen LogP contribution in [0.3, 0.4) is 0 Å². The van der Waals surface area contributed by atoms with Crippen molar-refractivity contribution in [3.05, 3.63) is 11.1 Å². The van der Waals surface area contributed by atoms with E-state index in [1.165, 1.54) is 0 Å². The Balaban J connectivity index is 2.42. The van der Waals surface area contributed by atoms with E-state index in [4.69, 9.17) is 4.74 Å². The van der Waals surface area contributed by atoms with Crippen LogP contribution in [0.5, 0.6) is 23.0 Å². The molecule has 0 spiro atoms. The number of methoxy groups -OCH3 is 1. The number of rotatable bonds is 7. The molecule has 0 aliphatic carbocycles. The van der Waals surface area contributed by atoms with Gasteiger partial charge in [-0.05, 0) is 6.42 Å². The van der Waals surface area contributed by atoms with Crippen molar-refractivity contribution in [3.63, 3.8) is 0 Å². The molecule has 1 aromatic rings. The van der Waals surface area contributed by atoms with E-state index in [1.807, 2.05) is 0 Å². The minimum atomic E-state index is -5.76. The zero-order chi connectivity index (χ0) is 33.0. The predicted molar refractivity (Wildman–Crippen MR) is 115 cm³/mol. The van der Waals surface area contributed by atoms with Crippen LogP contribution >= 0.6 is 0 Å². The fourth-order valence-electron chi connectivity index (χ4n) is 5.08. The van der Waals surface area contributed by atoms with Crippen LogP contribution < -0.4 is 9.47 Å². The zero-order valence-corrected chi connectivity index (χ0v) is 20.7. The number of aromatic hydroxyl groups is 2. The maximum Gasteiger partial charge on any atom is 0.453 e. The van der Waals surface area contributed by atoms with Crippen LogP contribution in [0.15, 0.2) is 0 Å². The highest BCUT2D eigenvalue weighted by atomic mass is 16.9. The van der Waals surface area contributed by atoms with E-state index in [0.29, 0.717) is 0 Å². The first kappa shape index (κ1) is 33.9. The average Bonchev–Trinajstić information content (AvgIpc) is 2.81. The Kier molecular flexibility index (Phi) is 7.41. The van der Waals surface area contributed by atoms with Gasteiger partial charge in [-0.2, -0.15) is 0 Å². The molecule has 0 amide bonds. The van der Waals surface area contributed by atoms with Crippen molar-refractivity contribution >= 4 is 5.78 Å². The van der Waals surface area contributed by atoms with Crippen LogP contribution in [-0.4, -0.2) is 168 Å². The summed E-state index contributed by atoms with van der Waals surface area (Å²) in [6, 6.07) is -2.94. The fourth-order valence-corrected chi connectivity index (χ4v) is 5.08. The van der Waals surface area contributed by atoms with Gasteiger partial charge < -0.3 is 106 Å². The van der Waals surface area contributed by atoms with Gasteiger partial charge in [0.05, 0.1) is 7.11 Å². The molecule has 1 aromatic carbocycles. The minimum absolute atomic E-state index is 0.320. The predicted octanol–water partition coefficient (Wildman–Crippen LogP) is -10.7. The molecule has 0 radical (unpaired) electrons. The molecule has 23 heteroatoms. The van der Waals surface area contributed by atoms with Gasteiger partial charge in [-0.3, -0.25) is 4.79 Å². The fraction of sp³-hybridized carbons (Fsp3) is 0.632. The Morgan fingerprint density at radius 1 is 0.786 bits per heavy atom. The van der Waals surface area contributed by atoms with E-state index in [2.05, 4.69) is 4.74 Å². The molecule has 0 bridgehead atoms. The summed E-state index contributed by atoms with van der Waals surface area (Å²) in [6.07, 6.45) is -5.00. The highest BCUT2D eigenvalue weighted by Crippen LogP contribution is 2.60. The summed E-state index contributed by atoms with van der Waals surface area (Å²) >= 11 is 0. The second-order valence-corrected chi connectivity index (χ2v) is 9.53. The summed E-state index contributed by atoms with van der Waals surface area (Å²) in [5.41, 5.74) is -12.9. The third-order valence-corrected chi connectivity index (χ3v) is 7.04. The van der Waals surface area contributed by atoms with Crippen molar-refractivity contribution in [3.8, 4) is 23.0 Å². The third-order valence-electron chi connectivity index (χ3n) is 7.04. The molecule has 1 fully saturated rings. The van der Waals surface area contributed by atoms with Crippen molar-refractivity contribution in [1.29, 1.82) is 0 Å². The molecular formula is C19H27NO22. The lowest BCUT2D eigenvalue weighted by Gasteiger charge is -2.62. The number of carbonyl (C=O) groups excluding carboxylic acids is 1. The molecule has 2 unspecified atom stereocenters. The molecule has 42 heavy (non-hydrogen) atoms. The normalized spacial score (nSPS) is 25.1. The maximum absolute atomic E-state index is 13.3. The maximum atomic E-state index is 13.3. The smallest absolute Gasteiger partial charge is 0.453 e. The molecule has 1 saturated heterocycles. The van der Waals surface area contributed by atoms with Crippen LogP contribution in [0.2, 0.25) is 0 Å². The Labute approximate surface area is 229 Å². The number of ether oxygens (including phenoxy) is 2. The number of hydrogen-bond acceptors (Lipinski definition) is 23. The number of nitrogens with zero attached hydrogens (tertiary/aromatic N) is 1. The van der Waals surface area contributed by atoms with E-state index in [0.717, 1.165) is 7.11 Å². The Morgan fingerprint density at radius 2 is 1.26 bits per heavy atom. The SMILES string of the molecule is COc1c(O)c2c(c(O)c1OC(O)(O)O)C1N(CC2)C(O)(O)C(O)(C(O)(O)C(O)(C(O)(O)O)C(O)(O)O)C(=O)C1(O)O. The molecule has 2 aliphatic heterocycles. The van der Waals surface area contributed by atoms with Gasteiger partial charge in [-0.15, -0.1) is 0 Å². The highest BCUT2D eigenvalue weighted by Gasteiger charge is 2.88. The summed E-state index contributed by atoms with van der Waals surface area (Å²) in [7, 11) is 0.812. The third kappa shape index (κ3) is 4.06. The first-order valence-electron chi connectivity index (χ1n) is 11.0. The number of ketones is 1. The topological polar surface area (TPSA) is 423 Å². The van der Waals surface area contributed by atoms with Crippen molar-refractivity contribution in [2.24, 2.45) is 0 Å². The van der Waals surface area contributed by atoms with E-state index >= 15 is 0 Å². The lowest BCUT2D eigenvalue weighted by molar-refractivity contribution is -0.567. The number of carbonyl (C=O) groups is 1. The van der Waals surface area contributed by atoms with Crippen molar-refractivity contribution in [2.75, 3.05) is 13.7 Å². The number of fused-ring (bicyclic) bond motifs is 3. The molecule has 2 aliphatic rings. The molecule has 3 rings (SSSR count). The summed E-state index contributed by atoms with van der Waals surface area (Å²) in [4.78, 5) is 13.0. The Hall–Kier alpha value is -2.63. The number of Topliss-reactive ketones (excluding diaryl/α,β-unsaturated/α-hetero) is 1. The zero-order valence-electron chi connectivity index (χ0n) is 20.7. The first-order chi connectivity index (χ1) is 18.5. The second-order valence-electron chi connectivity index (χ2n) is 9.53. The molecular weight excluding hydrogens is 594 g/mol. The monoisotopic (exact) mass is 621 g/mol. The van der Waals surface area contributed by atoms with E-state index in [9.17, 15) is 102 Å². The number of benzene rings is 1. The van der Waals surface area contributed by atoms with Gasteiger partial charge in [-0.1, -0.05) is 0 Å². The van der Waals surface area contributed by atoms with Crippen molar-refractivity contribution < 1.29 is 111 Å². The minimum Gasteiger partial charge on any atom is -0.504 e. The number of hydrogen-bond donors (Lipinski definition) is 19. The number of phenolic OH excluding ortho intramolecular Hbond substituents is 2. The molecule has 23 nitrogen and oxygen atoms in total. The van der Waals surface area contributed by atoms with E-state index in [-0.39, 0.29) is 4.90 Å². The first-order valence-corrected chi connectivity index (χ1v) is 11.0. The molecule has 0 saturated carbocycles. The van der Waals surface area contributed by atoms with Gasteiger partial charge in [0.1, 0.15) is 6.04 Å². The summed E-state index contributed by atoms with van der Waals surface area (Å²) in [5.74, 6) is -34.3. The molecule has 19 N–H and O–H groups in total. The van der Waals surface area contributed by atoms with Crippen LogP contribution in [0, 0.1) is 0 Å². The lowest BCUT2D eigenvalue weighted by Crippen LogP contribution is -2.93. The highest BCUT2D eigenvalue weighted by molar-refractivity contribution is 5.97. The van der Waals surface area contributed by atoms with Gasteiger partial charge in [0.2, 0.25) is 23.1 Å². The van der Waals surface area contributed by atoms with Gasteiger partial charge in [-0.25, -0.2) is 4.90 Å². The van der Waals surface area contributed by atoms with E-state index < -0.39 is 106 Å². The number of phenols is 2. The van der Waals surface area contributed by atoms with Gasteiger partial charge in [0.15, 0.2) is 11.5 Å². The molecule has 240 valence electrons. The molecule has 2 heterocycles. The Bertz CT molecular complexity index is 1260. The summed E-state index contributed by atoms with van der Waals surface area (Å²) < 4.78 is 9.00. The molecule has 2 atom stereocenters.